The Morgan fingerprint density at radius 3 is 3.00 bits per heavy atom. The van der Waals surface area contributed by atoms with Gasteiger partial charge in [-0.2, -0.15) is 0 Å². The number of carboxylic acid groups (broad SMARTS) is 1. The van der Waals surface area contributed by atoms with Crippen molar-refractivity contribution in [1.29, 1.82) is 0 Å². The summed E-state index contributed by atoms with van der Waals surface area (Å²) in [6.07, 6.45) is 5.28. The highest BCUT2D eigenvalue weighted by molar-refractivity contribution is 6.29. The van der Waals surface area contributed by atoms with Gasteiger partial charge in [0.1, 0.15) is 11.0 Å². The molecule has 1 saturated heterocycles. The number of hydrogen-bond donors (Lipinski definition) is 1. The zero-order valence-electron chi connectivity index (χ0n) is 10.3. The third-order valence-corrected chi connectivity index (χ3v) is 3.63. The fourth-order valence-corrected chi connectivity index (χ4v) is 2.66. The van der Waals surface area contributed by atoms with Crippen LogP contribution in [0, 0.1) is 5.41 Å². The van der Waals surface area contributed by atoms with Gasteiger partial charge in [0.2, 0.25) is 0 Å². The highest BCUT2D eigenvalue weighted by Crippen LogP contribution is 2.37. The van der Waals surface area contributed by atoms with Gasteiger partial charge in [-0.05, 0) is 12.8 Å². The maximum atomic E-state index is 11.5. The van der Waals surface area contributed by atoms with Gasteiger partial charge < -0.3 is 10.0 Å². The minimum absolute atomic E-state index is 0.329. The fourth-order valence-electron chi connectivity index (χ4n) is 2.52. The van der Waals surface area contributed by atoms with Crippen molar-refractivity contribution in [2.24, 2.45) is 5.41 Å². The lowest BCUT2D eigenvalue weighted by Crippen LogP contribution is -2.34. The molecule has 5 nitrogen and oxygen atoms in total. The summed E-state index contributed by atoms with van der Waals surface area (Å²) in [5.74, 6) is -0.0661. The number of rotatable bonds is 4. The Morgan fingerprint density at radius 2 is 2.39 bits per heavy atom. The highest BCUT2D eigenvalue weighted by atomic mass is 35.5. The fraction of sp³-hybridized carbons (Fsp3) is 0.583. The molecule has 98 valence electrons. The van der Waals surface area contributed by atoms with Gasteiger partial charge >= 0.3 is 5.97 Å². The molecule has 0 bridgehead atoms. The van der Waals surface area contributed by atoms with E-state index in [2.05, 4.69) is 9.97 Å². The second kappa shape index (κ2) is 5.10. The van der Waals surface area contributed by atoms with E-state index >= 15 is 0 Å². The Morgan fingerprint density at radius 1 is 1.61 bits per heavy atom. The largest absolute Gasteiger partial charge is 0.481 e. The summed E-state index contributed by atoms with van der Waals surface area (Å²) < 4.78 is 0. The van der Waals surface area contributed by atoms with E-state index in [9.17, 15) is 9.90 Å². The van der Waals surface area contributed by atoms with Crippen molar-refractivity contribution < 1.29 is 9.90 Å². The maximum absolute atomic E-state index is 11.5. The number of carbonyl (C=O) groups is 1. The van der Waals surface area contributed by atoms with Crippen molar-refractivity contribution in [3.8, 4) is 0 Å². The van der Waals surface area contributed by atoms with Crippen LogP contribution in [-0.4, -0.2) is 34.1 Å². The van der Waals surface area contributed by atoms with Crippen molar-refractivity contribution in [2.45, 2.75) is 26.2 Å². The maximum Gasteiger partial charge on any atom is 0.311 e. The Hall–Kier alpha value is -1.36. The molecular weight excluding hydrogens is 254 g/mol. The van der Waals surface area contributed by atoms with Crippen molar-refractivity contribution in [3.63, 3.8) is 0 Å². The minimum atomic E-state index is -0.721. The Balaban J connectivity index is 2.18. The topological polar surface area (TPSA) is 66.3 Å². The number of nitrogens with zero attached hydrogens (tertiary/aromatic N) is 3. The van der Waals surface area contributed by atoms with Gasteiger partial charge in [0.25, 0.3) is 0 Å². The third kappa shape index (κ3) is 2.41. The van der Waals surface area contributed by atoms with Crippen LogP contribution < -0.4 is 4.90 Å². The molecule has 0 radical (unpaired) electrons. The van der Waals surface area contributed by atoms with Gasteiger partial charge in [-0.15, -0.1) is 0 Å². The summed E-state index contributed by atoms with van der Waals surface area (Å²) in [5, 5.41) is 9.75. The molecule has 0 amide bonds. The van der Waals surface area contributed by atoms with Crippen LogP contribution in [0.4, 0.5) is 5.82 Å². The van der Waals surface area contributed by atoms with Crippen LogP contribution in [0.1, 0.15) is 26.2 Å². The van der Waals surface area contributed by atoms with E-state index in [-0.39, 0.29) is 0 Å². The first-order valence-corrected chi connectivity index (χ1v) is 6.41. The van der Waals surface area contributed by atoms with E-state index in [1.807, 2.05) is 11.8 Å². The zero-order valence-corrected chi connectivity index (χ0v) is 11.0. The molecule has 0 spiro atoms. The molecule has 6 heteroatoms. The van der Waals surface area contributed by atoms with Crippen LogP contribution in [-0.2, 0) is 4.79 Å². The number of aliphatic carboxylic acids is 1. The Kier molecular flexibility index (Phi) is 3.71. The second-order valence-electron chi connectivity index (χ2n) is 4.71. The normalized spacial score (nSPS) is 23.3. The summed E-state index contributed by atoms with van der Waals surface area (Å²) in [7, 11) is 0. The molecule has 1 atom stereocenters. The van der Waals surface area contributed by atoms with Crippen molar-refractivity contribution in [3.05, 3.63) is 17.5 Å². The quantitative estimate of drug-likeness (QED) is 0.908. The van der Waals surface area contributed by atoms with Crippen LogP contribution >= 0.6 is 11.6 Å². The average molecular weight is 270 g/mol. The van der Waals surface area contributed by atoms with Gasteiger partial charge in [0.15, 0.2) is 0 Å². The standard InChI is InChI=1S/C12H16ClN3O2/c1-2-3-12(11(17)18)4-5-16(8-12)10-7-14-6-9(13)15-10/h6-7H,2-5,8H2,1H3,(H,17,18). The smallest absolute Gasteiger partial charge is 0.311 e. The van der Waals surface area contributed by atoms with Crippen molar-refractivity contribution in [1.82, 2.24) is 9.97 Å². The molecule has 18 heavy (non-hydrogen) atoms. The molecule has 0 saturated carbocycles. The van der Waals surface area contributed by atoms with E-state index in [0.29, 0.717) is 36.9 Å². The van der Waals surface area contributed by atoms with Crippen LogP contribution in [0.5, 0.6) is 0 Å². The summed E-state index contributed by atoms with van der Waals surface area (Å²) >= 11 is 5.80. The molecule has 1 aromatic heterocycles. The lowest BCUT2D eigenvalue weighted by Gasteiger charge is -2.24. The SMILES string of the molecule is CCCC1(C(=O)O)CCN(c2cncc(Cl)n2)C1. The lowest BCUT2D eigenvalue weighted by molar-refractivity contribution is -0.148. The van der Waals surface area contributed by atoms with E-state index in [0.717, 1.165) is 6.42 Å². The number of carboxylic acids is 1. The van der Waals surface area contributed by atoms with Crippen molar-refractivity contribution >= 4 is 23.4 Å². The number of aromatic nitrogens is 2. The molecule has 2 heterocycles. The molecule has 0 aliphatic carbocycles. The van der Waals surface area contributed by atoms with E-state index in [1.165, 1.54) is 6.20 Å². The van der Waals surface area contributed by atoms with Gasteiger partial charge in [0, 0.05) is 13.1 Å². The highest BCUT2D eigenvalue weighted by Gasteiger charge is 2.44. The molecule has 2 rings (SSSR count). The summed E-state index contributed by atoms with van der Waals surface area (Å²) in [5.41, 5.74) is -0.654. The molecule has 0 aromatic carbocycles. The number of hydrogen-bond acceptors (Lipinski definition) is 4. The lowest BCUT2D eigenvalue weighted by atomic mass is 9.83. The summed E-state index contributed by atoms with van der Waals surface area (Å²) in [6.45, 7) is 3.17. The Labute approximate surface area is 111 Å². The molecule has 1 unspecified atom stereocenters. The van der Waals surface area contributed by atoms with Crippen LogP contribution in [0.3, 0.4) is 0 Å². The average Bonchev–Trinajstić information content (AvgIpc) is 2.75. The first-order valence-electron chi connectivity index (χ1n) is 6.03. The van der Waals surface area contributed by atoms with E-state index in [4.69, 9.17) is 11.6 Å². The van der Waals surface area contributed by atoms with Crippen LogP contribution in [0.15, 0.2) is 12.4 Å². The molecule has 1 aromatic rings. The molecular formula is C12H16ClN3O2. The monoisotopic (exact) mass is 269 g/mol. The predicted octanol–water partition coefficient (Wildman–Crippen LogP) is 2.21. The van der Waals surface area contributed by atoms with Crippen molar-refractivity contribution in [2.75, 3.05) is 18.0 Å². The van der Waals surface area contributed by atoms with Crippen LogP contribution in [0.25, 0.3) is 0 Å². The number of halogens is 1. The van der Waals surface area contributed by atoms with Crippen LogP contribution in [0.2, 0.25) is 5.15 Å². The third-order valence-electron chi connectivity index (χ3n) is 3.45. The minimum Gasteiger partial charge on any atom is -0.481 e. The first-order chi connectivity index (χ1) is 8.57. The van der Waals surface area contributed by atoms with Gasteiger partial charge in [-0.1, -0.05) is 24.9 Å². The first kappa shape index (κ1) is 13.1. The second-order valence-corrected chi connectivity index (χ2v) is 5.09. The molecule has 1 fully saturated rings. The summed E-state index contributed by atoms with van der Waals surface area (Å²) in [4.78, 5) is 21.6. The van der Waals surface area contributed by atoms with E-state index in [1.54, 1.807) is 6.20 Å². The van der Waals surface area contributed by atoms with Gasteiger partial charge in [-0.3, -0.25) is 9.78 Å². The van der Waals surface area contributed by atoms with Gasteiger partial charge in [-0.25, -0.2) is 4.98 Å². The molecule has 1 aliphatic heterocycles. The Bertz CT molecular complexity index is 455. The molecule has 1 N–H and O–H groups in total. The predicted molar refractivity (Wildman–Crippen MR) is 68.8 cm³/mol. The summed E-state index contributed by atoms with van der Waals surface area (Å²) in [6, 6.07) is 0. The van der Waals surface area contributed by atoms with E-state index < -0.39 is 11.4 Å². The van der Waals surface area contributed by atoms with Gasteiger partial charge in [0.05, 0.1) is 17.8 Å². The molecule has 1 aliphatic rings. The number of anilines is 1. The zero-order chi connectivity index (χ0) is 13.2.